The van der Waals surface area contributed by atoms with Crippen molar-refractivity contribution < 1.29 is 23.5 Å². The molecule has 3 aromatic rings. The summed E-state index contributed by atoms with van der Waals surface area (Å²) in [5.41, 5.74) is 1.53. The fourth-order valence-electron chi connectivity index (χ4n) is 3.55. The number of anilines is 1. The Morgan fingerprint density at radius 3 is 2.33 bits per heavy atom. The zero-order valence-corrected chi connectivity index (χ0v) is 20.5. The lowest BCUT2D eigenvalue weighted by molar-refractivity contribution is -0.128. The number of nitrogens with one attached hydrogen (secondary N) is 2. The van der Waals surface area contributed by atoms with Gasteiger partial charge in [-0.25, -0.2) is 4.39 Å². The largest absolute Gasteiger partial charge is 0.457 e. The van der Waals surface area contributed by atoms with Crippen molar-refractivity contribution in [3.8, 4) is 11.5 Å². The van der Waals surface area contributed by atoms with Crippen molar-refractivity contribution in [3.05, 3.63) is 90.2 Å². The molecular weight excluding hydrogens is 481 g/mol. The Kier molecular flexibility index (Phi) is 9.32. The molecular formula is C27H28FN3O4S. The summed E-state index contributed by atoms with van der Waals surface area (Å²) in [6.45, 7) is 1.46. The van der Waals surface area contributed by atoms with Gasteiger partial charge in [-0.15, -0.1) is 11.8 Å². The Hall–Kier alpha value is -3.40. The van der Waals surface area contributed by atoms with Crippen molar-refractivity contribution in [1.82, 2.24) is 10.2 Å². The maximum absolute atomic E-state index is 13.1. The van der Waals surface area contributed by atoms with Gasteiger partial charge in [0.05, 0.1) is 19.8 Å². The number of halogens is 1. The zero-order valence-electron chi connectivity index (χ0n) is 19.7. The van der Waals surface area contributed by atoms with E-state index >= 15 is 0 Å². The summed E-state index contributed by atoms with van der Waals surface area (Å²) in [5.74, 6) is 1.92. The van der Waals surface area contributed by atoms with Crippen LogP contribution in [0.1, 0.15) is 5.56 Å². The molecule has 1 aliphatic rings. The molecule has 0 bridgehead atoms. The first-order valence-electron chi connectivity index (χ1n) is 11.6. The molecule has 4 rings (SSSR count). The first kappa shape index (κ1) is 25.7. The van der Waals surface area contributed by atoms with Crippen LogP contribution in [0.5, 0.6) is 11.5 Å². The second kappa shape index (κ2) is 13.1. The molecule has 7 nitrogen and oxygen atoms in total. The molecule has 0 saturated carbocycles. The molecule has 3 aromatic carbocycles. The summed E-state index contributed by atoms with van der Waals surface area (Å²) >= 11 is 1.78. The number of thioether (sulfide) groups is 1. The molecule has 2 amide bonds. The van der Waals surface area contributed by atoms with Crippen molar-refractivity contribution in [2.75, 3.05) is 36.6 Å². The van der Waals surface area contributed by atoms with Gasteiger partial charge in [-0.2, -0.15) is 0 Å². The summed E-state index contributed by atoms with van der Waals surface area (Å²) in [6, 6.07) is 21.3. The number of amides is 2. The number of hydrogen-bond donors (Lipinski definition) is 2. The Morgan fingerprint density at radius 2 is 1.67 bits per heavy atom. The lowest BCUT2D eigenvalue weighted by atomic mass is 10.2. The predicted octanol–water partition coefficient (Wildman–Crippen LogP) is 4.26. The number of carbonyl (C=O) groups is 2. The van der Waals surface area contributed by atoms with Crippen LogP contribution in [0.15, 0.2) is 78.9 Å². The van der Waals surface area contributed by atoms with Crippen LogP contribution in [0.4, 0.5) is 10.1 Å². The van der Waals surface area contributed by atoms with Crippen molar-refractivity contribution in [2.45, 2.75) is 12.6 Å². The summed E-state index contributed by atoms with van der Waals surface area (Å²) < 4.78 is 24.5. The highest BCUT2D eigenvalue weighted by Crippen LogP contribution is 2.23. The SMILES string of the molecule is O=C(CN1CCSC1)NC(COCc1ccccc1)C(=O)Nc1ccc(Oc2ccc(F)cc2)cc1. The normalized spacial score (nSPS) is 14.2. The van der Waals surface area contributed by atoms with Crippen LogP contribution >= 0.6 is 11.8 Å². The molecule has 36 heavy (non-hydrogen) atoms. The average Bonchev–Trinajstić information content (AvgIpc) is 3.39. The summed E-state index contributed by atoms with van der Waals surface area (Å²) in [5, 5.41) is 5.65. The van der Waals surface area contributed by atoms with Crippen molar-refractivity contribution in [1.29, 1.82) is 0 Å². The fraction of sp³-hybridized carbons (Fsp3) is 0.259. The molecule has 1 fully saturated rings. The topological polar surface area (TPSA) is 79.9 Å². The molecule has 0 spiro atoms. The van der Waals surface area contributed by atoms with Gasteiger partial charge in [0.15, 0.2) is 0 Å². The molecule has 0 aromatic heterocycles. The molecule has 1 unspecified atom stereocenters. The van der Waals surface area contributed by atoms with Crippen LogP contribution in [0.25, 0.3) is 0 Å². The van der Waals surface area contributed by atoms with Crippen molar-refractivity contribution in [2.24, 2.45) is 0 Å². The van der Waals surface area contributed by atoms with Crippen molar-refractivity contribution >= 4 is 29.3 Å². The average molecular weight is 510 g/mol. The fourth-order valence-corrected chi connectivity index (χ4v) is 4.54. The standard InChI is InChI=1S/C27H28FN3O4S/c28-21-6-10-23(11-7-21)35-24-12-8-22(9-13-24)29-27(33)25(18-34-17-20-4-2-1-3-5-20)30-26(32)16-31-14-15-36-19-31/h1-13,25H,14-19H2,(H,29,33)(H,30,32). The minimum atomic E-state index is -0.855. The first-order valence-corrected chi connectivity index (χ1v) is 12.8. The van der Waals surface area contributed by atoms with Gasteiger partial charge in [0, 0.05) is 23.9 Å². The van der Waals surface area contributed by atoms with Gasteiger partial charge in [0.2, 0.25) is 11.8 Å². The Bertz CT molecular complexity index is 1120. The van der Waals surface area contributed by atoms with Gasteiger partial charge in [-0.05, 0) is 54.1 Å². The molecule has 1 heterocycles. The molecule has 188 valence electrons. The zero-order chi connectivity index (χ0) is 25.2. The number of carbonyl (C=O) groups excluding carboxylic acids is 2. The van der Waals surface area contributed by atoms with Crippen LogP contribution < -0.4 is 15.4 Å². The summed E-state index contributed by atoms with van der Waals surface area (Å²) in [6.07, 6.45) is 0. The van der Waals surface area contributed by atoms with Gasteiger partial charge < -0.3 is 20.1 Å². The van der Waals surface area contributed by atoms with E-state index in [1.165, 1.54) is 24.3 Å². The monoisotopic (exact) mass is 509 g/mol. The third-order valence-corrected chi connectivity index (χ3v) is 6.43. The Labute approximate surface area is 214 Å². The third-order valence-electron chi connectivity index (χ3n) is 5.41. The van der Waals surface area contributed by atoms with E-state index in [1.807, 2.05) is 35.2 Å². The van der Waals surface area contributed by atoms with Gasteiger partial charge in [-0.3, -0.25) is 14.5 Å². The van der Waals surface area contributed by atoms with Gasteiger partial charge in [0.25, 0.3) is 0 Å². The van der Waals surface area contributed by atoms with E-state index in [2.05, 4.69) is 10.6 Å². The quantitative estimate of drug-likeness (QED) is 0.402. The maximum Gasteiger partial charge on any atom is 0.249 e. The Balaban J connectivity index is 1.34. The van der Waals surface area contributed by atoms with Gasteiger partial charge >= 0.3 is 0 Å². The van der Waals surface area contributed by atoms with Crippen LogP contribution in [-0.2, 0) is 20.9 Å². The van der Waals surface area contributed by atoms with E-state index in [9.17, 15) is 14.0 Å². The van der Waals surface area contributed by atoms with E-state index in [1.54, 1.807) is 36.0 Å². The van der Waals surface area contributed by atoms with Gasteiger partial charge in [0.1, 0.15) is 23.4 Å². The second-order valence-electron chi connectivity index (χ2n) is 8.28. The minimum Gasteiger partial charge on any atom is -0.457 e. The van der Waals surface area contributed by atoms with E-state index in [0.717, 1.165) is 23.7 Å². The van der Waals surface area contributed by atoms with Crippen LogP contribution in [0.2, 0.25) is 0 Å². The number of rotatable bonds is 11. The number of nitrogens with zero attached hydrogens (tertiary/aromatic N) is 1. The van der Waals surface area contributed by atoms with Crippen LogP contribution in [-0.4, -0.2) is 54.1 Å². The summed E-state index contributed by atoms with van der Waals surface area (Å²) in [4.78, 5) is 27.7. The molecule has 0 radical (unpaired) electrons. The molecule has 0 aliphatic carbocycles. The van der Waals surface area contributed by atoms with E-state index < -0.39 is 6.04 Å². The van der Waals surface area contributed by atoms with E-state index in [-0.39, 0.29) is 30.8 Å². The van der Waals surface area contributed by atoms with Crippen LogP contribution in [0.3, 0.4) is 0 Å². The first-order chi connectivity index (χ1) is 17.5. The van der Waals surface area contributed by atoms with E-state index in [4.69, 9.17) is 9.47 Å². The summed E-state index contributed by atoms with van der Waals surface area (Å²) in [7, 11) is 0. The Morgan fingerprint density at radius 1 is 0.972 bits per heavy atom. The van der Waals surface area contributed by atoms with Crippen LogP contribution in [0, 0.1) is 5.82 Å². The van der Waals surface area contributed by atoms with Crippen molar-refractivity contribution in [3.63, 3.8) is 0 Å². The maximum atomic E-state index is 13.1. The molecule has 1 aliphatic heterocycles. The highest BCUT2D eigenvalue weighted by molar-refractivity contribution is 7.99. The van der Waals surface area contributed by atoms with E-state index in [0.29, 0.717) is 23.8 Å². The third kappa shape index (κ3) is 8.08. The smallest absolute Gasteiger partial charge is 0.249 e. The molecule has 9 heteroatoms. The molecule has 1 atom stereocenters. The number of benzene rings is 3. The predicted molar refractivity (Wildman–Crippen MR) is 138 cm³/mol. The number of ether oxygens (including phenoxy) is 2. The molecule has 1 saturated heterocycles. The van der Waals surface area contributed by atoms with Gasteiger partial charge in [-0.1, -0.05) is 30.3 Å². The lowest BCUT2D eigenvalue weighted by Crippen LogP contribution is -2.49. The molecule has 2 N–H and O–H groups in total. The minimum absolute atomic E-state index is 0.0347. The highest BCUT2D eigenvalue weighted by Gasteiger charge is 2.23. The second-order valence-corrected chi connectivity index (χ2v) is 9.36. The lowest BCUT2D eigenvalue weighted by Gasteiger charge is -2.21. The number of hydrogen-bond acceptors (Lipinski definition) is 6. The highest BCUT2D eigenvalue weighted by atomic mass is 32.2.